The quantitative estimate of drug-likeness (QED) is 0.904. The molecule has 0 aliphatic rings. The van der Waals surface area contributed by atoms with Crippen molar-refractivity contribution in [1.29, 1.82) is 0 Å². The van der Waals surface area contributed by atoms with Gasteiger partial charge in [0.25, 0.3) is 0 Å². The van der Waals surface area contributed by atoms with Gasteiger partial charge >= 0.3 is 0 Å². The van der Waals surface area contributed by atoms with E-state index < -0.39 is 0 Å². The topological polar surface area (TPSA) is 35.2 Å². The zero-order valence-corrected chi connectivity index (χ0v) is 12.0. The van der Waals surface area contributed by atoms with Gasteiger partial charge in [-0.2, -0.15) is 0 Å². The van der Waals surface area contributed by atoms with E-state index in [1.54, 1.807) is 0 Å². The monoisotopic (exact) mass is 325 g/mol. The molecule has 0 fully saturated rings. The normalized spacial score (nSPS) is 10.4. The van der Waals surface area contributed by atoms with Crippen LogP contribution in [-0.4, -0.2) is 6.54 Å². The van der Waals surface area contributed by atoms with Crippen LogP contribution in [0.15, 0.2) is 46.9 Å². The Morgan fingerprint density at radius 3 is 2.61 bits per heavy atom. The van der Waals surface area contributed by atoms with Crippen LogP contribution in [0.2, 0.25) is 5.02 Å². The smallest absolute Gasteiger partial charge is 0.141 e. The molecule has 0 saturated heterocycles. The second-order valence-electron chi connectivity index (χ2n) is 3.82. The van der Waals surface area contributed by atoms with Crippen molar-refractivity contribution in [2.75, 3.05) is 6.54 Å². The lowest BCUT2D eigenvalue weighted by molar-refractivity contribution is 0.473. The maximum Gasteiger partial charge on any atom is 0.141 e. The van der Waals surface area contributed by atoms with E-state index in [1.165, 1.54) is 0 Å². The van der Waals surface area contributed by atoms with Crippen molar-refractivity contribution in [2.24, 2.45) is 5.73 Å². The Balaban J connectivity index is 2.33. The Morgan fingerprint density at radius 2 is 1.89 bits per heavy atom. The molecule has 94 valence electrons. The summed E-state index contributed by atoms with van der Waals surface area (Å²) in [6.07, 6.45) is 0.761. The average molecular weight is 327 g/mol. The summed E-state index contributed by atoms with van der Waals surface area (Å²) in [5, 5.41) is 0.651. The molecule has 0 aromatic heterocycles. The van der Waals surface area contributed by atoms with Gasteiger partial charge < -0.3 is 10.5 Å². The average Bonchev–Trinajstić information content (AvgIpc) is 2.36. The summed E-state index contributed by atoms with van der Waals surface area (Å²) in [4.78, 5) is 0. The van der Waals surface area contributed by atoms with Crippen molar-refractivity contribution in [3.63, 3.8) is 0 Å². The molecule has 0 bridgehead atoms. The third-order valence-corrected chi connectivity index (χ3v) is 3.39. The fourth-order valence-corrected chi connectivity index (χ4v) is 2.16. The molecule has 18 heavy (non-hydrogen) atoms. The molecule has 0 amide bonds. The predicted molar refractivity (Wildman–Crippen MR) is 78.4 cm³/mol. The molecule has 0 radical (unpaired) electrons. The first kappa shape index (κ1) is 13.4. The molecule has 2 rings (SSSR count). The van der Waals surface area contributed by atoms with Gasteiger partial charge in [-0.15, -0.1) is 0 Å². The van der Waals surface area contributed by atoms with Crippen molar-refractivity contribution >= 4 is 27.5 Å². The number of nitrogens with two attached hydrogens (primary N) is 1. The fraction of sp³-hybridized carbons (Fsp3) is 0.143. The molecular formula is C14H13BrClNO. The van der Waals surface area contributed by atoms with E-state index in [9.17, 15) is 0 Å². The first-order valence-corrected chi connectivity index (χ1v) is 6.78. The molecule has 0 saturated carbocycles. The Kier molecular flexibility index (Phi) is 4.64. The van der Waals surface area contributed by atoms with Gasteiger partial charge in [0, 0.05) is 5.02 Å². The van der Waals surface area contributed by atoms with Crippen LogP contribution in [0.4, 0.5) is 0 Å². The number of ether oxygens (including phenoxy) is 1. The molecular weight excluding hydrogens is 314 g/mol. The molecule has 0 atom stereocenters. The van der Waals surface area contributed by atoms with Crippen LogP contribution in [0.5, 0.6) is 11.5 Å². The highest BCUT2D eigenvalue weighted by Gasteiger charge is 2.07. The number of hydrogen-bond acceptors (Lipinski definition) is 2. The molecule has 2 nitrogen and oxygen atoms in total. The van der Waals surface area contributed by atoms with Crippen LogP contribution in [0.3, 0.4) is 0 Å². The van der Waals surface area contributed by atoms with Gasteiger partial charge in [-0.1, -0.05) is 29.8 Å². The minimum Gasteiger partial charge on any atom is -0.456 e. The van der Waals surface area contributed by atoms with Gasteiger partial charge in [-0.05, 0) is 58.7 Å². The van der Waals surface area contributed by atoms with E-state index in [0.29, 0.717) is 11.6 Å². The Labute approximate surface area is 120 Å². The van der Waals surface area contributed by atoms with Crippen molar-refractivity contribution in [1.82, 2.24) is 0 Å². The highest BCUT2D eigenvalue weighted by Crippen LogP contribution is 2.32. The van der Waals surface area contributed by atoms with Gasteiger partial charge in [0.15, 0.2) is 0 Å². The summed E-state index contributed by atoms with van der Waals surface area (Å²) in [5.74, 6) is 1.51. The fourth-order valence-electron chi connectivity index (χ4n) is 1.63. The predicted octanol–water partition coefficient (Wildman–Crippen LogP) is 4.40. The summed E-state index contributed by atoms with van der Waals surface area (Å²) >= 11 is 9.45. The van der Waals surface area contributed by atoms with E-state index in [4.69, 9.17) is 22.1 Å². The lowest BCUT2D eigenvalue weighted by Gasteiger charge is -2.12. The molecule has 0 unspecified atom stereocenters. The molecule has 2 aromatic rings. The minimum absolute atomic E-state index is 0.577. The SMILES string of the molecule is NCCc1ccc(Cl)cc1Oc1ccccc1Br. The van der Waals surface area contributed by atoms with Gasteiger partial charge in [-0.3, -0.25) is 0 Å². The van der Waals surface area contributed by atoms with Crippen LogP contribution >= 0.6 is 27.5 Å². The van der Waals surface area contributed by atoms with Crippen LogP contribution < -0.4 is 10.5 Å². The second-order valence-corrected chi connectivity index (χ2v) is 5.11. The maximum absolute atomic E-state index is 6.00. The van der Waals surface area contributed by atoms with Crippen LogP contribution in [0.25, 0.3) is 0 Å². The number of hydrogen-bond donors (Lipinski definition) is 1. The molecule has 0 heterocycles. The summed E-state index contributed by atoms with van der Waals surface area (Å²) in [6.45, 7) is 0.577. The molecule has 0 aliphatic carbocycles. The van der Waals surface area contributed by atoms with Crippen molar-refractivity contribution in [2.45, 2.75) is 6.42 Å². The zero-order chi connectivity index (χ0) is 13.0. The van der Waals surface area contributed by atoms with E-state index in [-0.39, 0.29) is 0 Å². The number of halogens is 2. The highest BCUT2D eigenvalue weighted by molar-refractivity contribution is 9.10. The summed E-state index contributed by atoms with van der Waals surface area (Å²) in [7, 11) is 0. The van der Waals surface area contributed by atoms with Crippen LogP contribution in [0, 0.1) is 0 Å². The molecule has 0 aliphatic heterocycles. The lowest BCUT2D eigenvalue weighted by Crippen LogP contribution is -2.04. The molecule has 4 heteroatoms. The summed E-state index contributed by atoms with van der Waals surface area (Å²) in [5.41, 5.74) is 6.65. The van der Waals surface area contributed by atoms with Crippen LogP contribution in [-0.2, 0) is 6.42 Å². The van der Waals surface area contributed by atoms with E-state index in [1.807, 2.05) is 42.5 Å². The van der Waals surface area contributed by atoms with Crippen molar-refractivity contribution in [3.8, 4) is 11.5 Å². The highest BCUT2D eigenvalue weighted by atomic mass is 79.9. The molecule has 2 aromatic carbocycles. The van der Waals surface area contributed by atoms with Gasteiger partial charge in [-0.25, -0.2) is 0 Å². The van der Waals surface area contributed by atoms with Crippen molar-refractivity contribution < 1.29 is 4.74 Å². The lowest BCUT2D eigenvalue weighted by atomic mass is 10.1. The number of rotatable bonds is 4. The maximum atomic E-state index is 6.00. The van der Waals surface area contributed by atoms with Gasteiger partial charge in [0.05, 0.1) is 4.47 Å². The van der Waals surface area contributed by atoms with Crippen molar-refractivity contribution in [3.05, 3.63) is 57.5 Å². The van der Waals surface area contributed by atoms with E-state index >= 15 is 0 Å². The molecule has 0 spiro atoms. The number of para-hydroxylation sites is 1. The summed E-state index contributed by atoms with van der Waals surface area (Å²) < 4.78 is 6.79. The molecule has 2 N–H and O–H groups in total. The standard InChI is InChI=1S/C14H13BrClNO/c15-12-3-1-2-4-13(12)18-14-9-11(16)6-5-10(14)7-8-17/h1-6,9H,7-8,17H2. The Bertz CT molecular complexity index is 545. The first-order valence-electron chi connectivity index (χ1n) is 5.61. The first-order chi connectivity index (χ1) is 8.70. The van der Waals surface area contributed by atoms with Gasteiger partial charge in [0.1, 0.15) is 11.5 Å². The van der Waals surface area contributed by atoms with Crippen LogP contribution in [0.1, 0.15) is 5.56 Å². The number of benzene rings is 2. The largest absolute Gasteiger partial charge is 0.456 e. The second kappa shape index (κ2) is 6.23. The summed E-state index contributed by atoms with van der Waals surface area (Å²) in [6, 6.07) is 13.3. The van der Waals surface area contributed by atoms with E-state index in [2.05, 4.69) is 15.9 Å². The minimum atomic E-state index is 0.577. The zero-order valence-electron chi connectivity index (χ0n) is 9.70. The van der Waals surface area contributed by atoms with E-state index in [0.717, 1.165) is 28.0 Å². The Hall–Kier alpha value is -1.03. The third-order valence-electron chi connectivity index (χ3n) is 2.50. The van der Waals surface area contributed by atoms with Gasteiger partial charge in [0.2, 0.25) is 0 Å². The Morgan fingerprint density at radius 1 is 1.11 bits per heavy atom. The third kappa shape index (κ3) is 3.25.